The summed E-state index contributed by atoms with van der Waals surface area (Å²) in [5, 5.41) is 0.803. The first kappa shape index (κ1) is 14.8. The van der Waals surface area contributed by atoms with E-state index in [-0.39, 0.29) is 6.04 Å². The van der Waals surface area contributed by atoms with Crippen LogP contribution in [0.1, 0.15) is 24.4 Å². The lowest BCUT2D eigenvalue weighted by molar-refractivity contribution is 0.0507. The molecule has 19 heavy (non-hydrogen) atoms. The fourth-order valence-corrected chi connectivity index (χ4v) is 3.01. The highest BCUT2D eigenvalue weighted by Crippen LogP contribution is 2.27. The van der Waals surface area contributed by atoms with Gasteiger partial charge in [-0.3, -0.25) is 4.90 Å². The van der Waals surface area contributed by atoms with Gasteiger partial charge in [-0.25, -0.2) is 0 Å². The molecule has 1 fully saturated rings. The van der Waals surface area contributed by atoms with Crippen LogP contribution in [-0.4, -0.2) is 38.3 Å². The van der Waals surface area contributed by atoms with E-state index in [1.165, 1.54) is 0 Å². The van der Waals surface area contributed by atoms with Crippen molar-refractivity contribution in [3.8, 4) is 0 Å². The number of ether oxygens (including phenoxy) is 1. The van der Waals surface area contributed by atoms with Gasteiger partial charge in [0, 0.05) is 37.4 Å². The van der Waals surface area contributed by atoms with Gasteiger partial charge < -0.3 is 10.5 Å². The molecule has 0 spiro atoms. The Morgan fingerprint density at radius 2 is 2.05 bits per heavy atom. The van der Waals surface area contributed by atoms with Crippen molar-refractivity contribution in [1.29, 1.82) is 0 Å². The van der Waals surface area contributed by atoms with Crippen LogP contribution in [0.3, 0.4) is 0 Å². The Morgan fingerprint density at radius 1 is 1.37 bits per heavy atom. The van der Waals surface area contributed by atoms with Gasteiger partial charge in [-0.1, -0.05) is 29.8 Å². The summed E-state index contributed by atoms with van der Waals surface area (Å²) in [6, 6.07) is 8.17. The van der Waals surface area contributed by atoms with Gasteiger partial charge in [0.2, 0.25) is 0 Å². The predicted octanol–water partition coefficient (Wildman–Crippen LogP) is 2.70. The molecule has 3 nitrogen and oxygen atoms in total. The molecule has 2 rings (SSSR count). The predicted molar refractivity (Wildman–Crippen MR) is 79.4 cm³/mol. The Bertz CT molecular complexity index is 393. The number of likely N-dealkylation sites (N-methyl/N-ethyl adjacent to an activating group) is 1. The Hall–Kier alpha value is -0.610. The first-order valence-electron chi connectivity index (χ1n) is 6.95. The second-order valence-electron chi connectivity index (χ2n) is 5.27. The Balaban J connectivity index is 2.02. The summed E-state index contributed by atoms with van der Waals surface area (Å²) in [7, 11) is 2.14. The van der Waals surface area contributed by atoms with Crippen LogP contribution >= 0.6 is 11.6 Å². The minimum absolute atomic E-state index is 0.191. The minimum Gasteiger partial charge on any atom is -0.381 e. The number of nitrogens with zero attached hydrogens (tertiary/aromatic N) is 1. The molecule has 1 aromatic carbocycles. The standard InChI is InChI=1S/C15H23ClN2O/c1-18(11-12-6-8-19-9-7-12)15(10-17)13-4-2-3-5-14(13)16/h2-5,12,15H,6-11,17H2,1H3. The lowest BCUT2D eigenvalue weighted by Gasteiger charge is -2.32. The third kappa shape index (κ3) is 3.93. The van der Waals surface area contributed by atoms with E-state index in [1.54, 1.807) is 0 Å². The van der Waals surface area contributed by atoms with Gasteiger partial charge in [0.25, 0.3) is 0 Å². The lowest BCUT2D eigenvalue weighted by Crippen LogP contribution is -2.36. The van der Waals surface area contributed by atoms with Crippen molar-refractivity contribution in [3.63, 3.8) is 0 Å². The van der Waals surface area contributed by atoms with Crippen LogP contribution in [0.2, 0.25) is 5.02 Å². The molecule has 1 unspecified atom stereocenters. The molecule has 0 bridgehead atoms. The maximum Gasteiger partial charge on any atom is 0.0482 e. The molecule has 0 aliphatic carbocycles. The monoisotopic (exact) mass is 282 g/mol. The fraction of sp³-hybridized carbons (Fsp3) is 0.600. The molecule has 0 radical (unpaired) electrons. The zero-order valence-corrected chi connectivity index (χ0v) is 12.3. The Morgan fingerprint density at radius 3 is 2.68 bits per heavy atom. The van der Waals surface area contributed by atoms with Gasteiger partial charge in [-0.2, -0.15) is 0 Å². The minimum atomic E-state index is 0.191. The first-order chi connectivity index (χ1) is 9.22. The quantitative estimate of drug-likeness (QED) is 0.902. The molecule has 1 saturated heterocycles. The lowest BCUT2D eigenvalue weighted by atomic mass is 9.98. The summed E-state index contributed by atoms with van der Waals surface area (Å²) in [5.41, 5.74) is 7.08. The second-order valence-corrected chi connectivity index (χ2v) is 5.68. The second kappa shape index (κ2) is 7.25. The number of rotatable bonds is 5. The highest BCUT2D eigenvalue weighted by molar-refractivity contribution is 6.31. The molecule has 0 saturated carbocycles. The van der Waals surface area contributed by atoms with E-state index in [0.29, 0.717) is 12.5 Å². The van der Waals surface area contributed by atoms with Crippen LogP contribution in [0.5, 0.6) is 0 Å². The van der Waals surface area contributed by atoms with E-state index < -0.39 is 0 Å². The Kier molecular flexibility index (Phi) is 5.64. The van der Waals surface area contributed by atoms with Gasteiger partial charge in [-0.05, 0) is 37.4 Å². The van der Waals surface area contributed by atoms with Crippen molar-refractivity contribution in [2.24, 2.45) is 11.7 Å². The van der Waals surface area contributed by atoms with E-state index in [9.17, 15) is 0 Å². The van der Waals surface area contributed by atoms with Gasteiger partial charge in [0.15, 0.2) is 0 Å². The van der Waals surface area contributed by atoms with E-state index >= 15 is 0 Å². The van der Waals surface area contributed by atoms with Crippen LogP contribution in [0, 0.1) is 5.92 Å². The van der Waals surface area contributed by atoms with E-state index in [4.69, 9.17) is 22.1 Å². The summed E-state index contributed by atoms with van der Waals surface area (Å²) >= 11 is 6.28. The van der Waals surface area contributed by atoms with E-state index in [0.717, 1.165) is 43.2 Å². The van der Waals surface area contributed by atoms with Crippen LogP contribution in [0.25, 0.3) is 0 Å². The Labute approximate surface area is 120 Å². The molecule has 1 aliphatic heterocycles. The maximum atomic E-state index is 6.28. The molecule has 4 heteroatoms. The van der Waals surface area contributed by atoms with Gasteiger partial charge >= 0.3 is 0 Å². The van der Waals surface area contributed by atoms with Crippen molar-refractivity contribution in [3.05, 3.63) is 34.9 Å². The van der Waals surface area contributed by atoms with Crippen molar-refractivity contribution in [2.45, 2.75) is 18.9 Å². The third-order valence-electron chi connectivity index (χ3n) is 3.91. The molecule has 0 amide bonds. The molecule has 106 valence electrons. The molecule has 1 heterocycles. The molecule has 2 N–H and O–H groups in total. The summed E-state index contributed by atoms with van der Waals surface area (Å²) in [6.45, 7) is 3.41. The number of benzene rings is 1. The third-order valence-corrected chi connectivity index (χ3v) is 4.25. The number of hydrogen-bond donors (Lipinski definition) is 1. The normalized spacial score (nSPS) is 18.7. The smallest absolute Gasteiger partial charge is 0.0482 e. The van der Waals surface area contributed by atoms with Gasteiger partial charge in [0.05, 0.1) is 0 Å². The summed E-state index contributed by atoms with van der Waals surface area (Å²) in [5.74, 6) is 0.704. The highest BCUT2D eigenvalue weighted by Gasteiger charge is 2.22. The molecule has 0 aromatic heterocycles. The molecule has 1 aromatic rings. The highest BCUT2D eigenvalue weighted by atomic mass is 35.5. The number of hydrogen-bond acceptors (Lipinski definition) is 3. The van der Waals surface area contributed by atoms with Crippen molar-refractivity contribution in [1.82, 2.24) is 4.90 Å². The summed E-state index contributed by atoms with van der Waals surface area (Å²) in [4.78, 5) is 2.33. The van der Waals surface area contributed by atoms with Crippen molar-refractivity contribution in [2.75, 3.05) is 33.4 Å². The van der Waals surface area contributed by atoms with Gasteiger partial charge in [0.1, 0.15) is 0 Å². The summed E-state index contributed by atoms with van der Waals surface area (Å²) < 4.78 is 5.41. The fourth-order valence-electron chi connectivity index (χ4n) is 2.75. The molecule has 1 aliphatic rings. The zero-order chi connectivity index (χ0) is 13.7. The topological polar surface area (TPSA) is 38.5 Å². The average Bonchev–Trinajstić information content (AvgIpc) is 2.43. The van der Waals surface area contributed by atoms with E-state index in [2.05, 4.69) is 18.0 Å². The molecule has 1 atom stereocenters. The van der Waals surface area contributed by atoms with Crippen LogP contribution in [-0.2, 0) is 4.74 Å². The van der Waals surface area contributed by atoms with Crippen LogP contribution in [0.4, 0.5) is 0 Å². The summed E-state index contributed by atoms with van der Waals surface area (Å²) in [6.07, 6.45) is 2.29. The SMILES string of the molecule is CN(CC1CCOCC1)C(CN)c1ccccc1Cl. The molecular formula is C15H23ClN2O. The zero-order valence-electron chi connectivity index (χ0n) is 11.5. The first-order valence-corrected chi connectivity index (χ1v) is 7.32. The van der Waals surface area contributed by atoms with Crippen LogP contribution < -0.4 is 5.73 Å². The number of nitrogens with two attached hydrogens (primary N) is 1. The number of halogens is 1. The van der Waals surface area contributed by atoms with E-state index in [1.807, 2.05) is 18.2 Å². The molecular weight excluding hydrogens is 260 g/mol. The maximum absolute atomic E-state index is 6.28. The van der Waals surface area contributed by atoms with Gasteiger partial charge in [-0.15, -0.1) is 0 Å². The largest absolute Gasteiger partial charge is 0.381 e. The van der Waals surface area contributed by atoms with Crippen molar-refractivity contribution >= 4 is 11.6 Å². The van der Waals surface area contributed by atoms with Crippen molar-refractivity contribution < 1.29 is 4.74 Å². The average molecular weight is 283 g/mol. The van der Waals surface area contributed by atoms with Crippen LogP contribution in [0.15, 0.2) is 24.3 Å².